The summed E-state index contributed by atoms with van der Waals surface area (Å²) in [5.41, 5.74) is 6.33. The lowest BCUT2D eigenvalue weighted by Crippen LogP contribution is -2.25. The molecule has 0 heterocycles. The first-order valence-electron chi connectivity index (χ1n) is 5.51. The highest BCUT2D eigenvalue weighted by atomic mass is 19.1. The molecule has 2 N–H and O–H groups in total. The molecule has 0 aliphatic carbocycles. The van der Waals surface area contributed by atoms with E-state index in [1.165, 1.54) is 6.07 Å². The molecule has 1 atom stereocenters. The van der Waals surface area contributed by atoms with E-state index in [9.17, 15) is 4.39 Å². The van der Waals surface area contributed by atoms with Gasteiger partial charge in [-0.15, -0.1) is 0 Å². The highest BCUT2D eigenvalue weighted by molar-refractivity contribution is 5.20. The summed E-state index contributed by atoms with van der Waals surface area (Å²) in [6, 6.07) is 6.39. The van der Waals surface area contributed by atoms with Crippen molar-refractivity contribution in [1.82, 2.24) is 0 Å². The van der Waals surface area contributed by atoms with Gasteiger partial charge in [0, 0.05) is 18.7 Å². The highest BCUT2D eigenvalue weighted by Crippen LogP contribution is 2.24. The van der Waals surface area contributed by atoms with Gasteiger partial charge in [0.2, 0.25) is 0 Å². The molecular formula is C13H20FNO. The number of hydrogen-bond donors (Lipinski definition) is 1. The smallest absolute Gasteiger partial charge is 0.127 e. The molecule has 0 aliphatic heterocycles. The Labute approximate surface area is 96.6 Å². The van der Waals surface area contributed by atoms with Gasteiger partial charge in [-0.3, -0.25) is 0 Å². The third-order valence-corrected chi connectivity index (χ3v) is 2.91. The van der Waals surface area contributed by atoms with Crippen molar-refractivity contribution >= 4 is 0 Å². The molecule has 3 heteroatoms. The summed E-state index contributed by atoms with van der Waals surface area (Å²) in [5, 5.41) is 0. The number of benzene rings is 1. The molecule has 2 nitrogen and oxygen atoms in total. The summed E-state index contributed by atoms with van der Waals surface area (Å²) in [6.07, 6.45) is 1.51. The third-order valence-electron chi connectivity index (χ3n) is 2.91. The molecule has 1 aromatic carbocycles. The van der Waals surface area contributed by atoms with Crippen molar-refractivity contribution < 1.29 is 9.13 Å². The van der Waals surface area contributed by atoms with E-state index >= 15 is 0 Å². The van der Waals surface area contributed by atoms with E-state index in [0.717, 1.165) is 6.42 Å². The van der Waals surface area contributed by atoms with Crippen LogP contribution in [0.3, 0.4) is 0 Å². The fourth-order valence-electron chi connectivity index (χ4n) is 1.54. The first kappa shape index (κ1) is 13.1. The van der Waals surface area contributed by atoms with Crippen LogP contribution in [0.1, 0.15) is 38.3 Å². The molecule has 0 aliphatic rings. The van der Waals surface area contributed by atoms with Crippen LogP contribution >= 0.6 is 0 Å². The van der Waals surface area contributed by atoms with Crippen LogP contribution in [0.2, 0.25) is 0 Å². The lowest BCUT2D eigenvalue weighted by Gasteiger charge is -2.24. The molecule has 0 bridgehead atoms. The maximum Gasteiger partial charge on any atom is 0.127 e. The molecule has 0 saturated heterocycles. The van der Waals surface area contributed by atoms with E-state index in [0.29, 0.717) is 12.0 Å². The number of hydrogen-bond acceptors (Lipinski definition) is 2. The Balaban J connectivity index is 2.60. The summed E-state index contributed by atoms with van der Waals surface area (Å²) < 4.78 is 18.7. The maximum absolute atomic E-state index is 13.4. The van der Waals surface area contributed by atoms with Crippen LogP contribution in [-0.2, 0) is 4.74 Å². The van der Waals surface area contributed by atoms with Gasteiger partial charge in [-0.1, -0.05) is 18.2 Å². The van der Waals surface area contributed by atoms with Gasteiger partial charge in [0.05, 0.1) is 5.60 Å². The molecule has 0 fully saturated rings. The lowest BCUT2D eigenvalue weighted by atomic mass is 9.95. The molecule has 0 spiro atoms. The van der Waals surface area contributed by atoms with Gasteiger partial charge in [0.1, 0.15) is 5.82 Å². The SMILES string of the molecule is COC(C)(C)CCC(N)c1ccccc1F. The number of nitrogens with two attached hydrogens (primary N) is 1. The van der Waals surface area contributed by atoms with E-state index in [-0.39, 0.29) is 17.5 Å². The zero-order chi connectivity index (χ0) is 12.2. The molecule has 0 amide bonds. The Morgan fingerprint density at radius 2 is 2.00 bits per heavy atom. The normalized spacial score (nSPS) is 13.8. The van der Waals surface area contributed by atoms with Gasteiger partial charge in [-0.05, 0) is 32.8 Å². The lowest BCUT2D eigenvalue weighted by molar-refractivity contribution is 0.0124. The predicted molar refractivity (Wildman–Crippen MR) is 63.7 cm³/mol. The van der Waals surface area contributed by atoms with E-state index < -0.39 is 0 Å². The van der Waals surface area contributed by atoms with Crippen LogP contribution in [-0.4, -0.2) is 12.7 Å². The Morgan fingerprint density at radius 1 is 1.38 bits per heavy atom. The standard InChI is InChI=1S/C13H20FNO/c1-13(2,16-3)9-8-12(15)10-6-4-5-7-11(10)14/h4-7,12H,8-9,15H2,1-3H3. The quantitative estimate of drug-likeness (QED) is 0.836. The maximum atomic E-state index is 13.4. The fraction of sp³-hybridized carbons (Fsp3) is 0.538. The largest absolute Gasteiger partial charge is 0.379 e. The molecule has 16 heavy (non-hydrogen) atoms. The molecule has 0 aromatic heterocycles. The predicted octanol–water partition coefficient (Wildman–Crippen LogP) is 3.03. The molecule has 1 rings (SSSR count). The van der Waals surface area contributed by atoms with Crippen molar-refractivity contribution in [3.63, 3.8) is 0 Å². The van der Waals surface area contributed by atoms with Crippen molar-refractivity contribution in [2.24, 2.45) is 5.73 Å². The average Bonchev–Trinajstić information content (AvgIpc) is 2.27. The summed E-state index contributed by atoms with van der Waals surface area (Å²) in [5.74, 6) is -0.231. The van der Waals surface area contributed by atoms with Crippen LogP contribution in [0.5, 0.6) is 0 Å². The summed E-state index contributed by atoms with van der Waals surface area (Å²) in [7, 11) is 1.68. The minimum Gasteiger partial charge on any atom is -0.379 e. The minimum absolute atomic E-state index is 0.205. The first-order chi connectivity index (χ1) is 7.46. The summed E-state index contributed by atoms with van der Waals surface area (Å²) in [6.45, 7) is 4.00. The van der Waals surface area contributed by atoms with Gasteiger partial charge in [0.15, 0.2) is 0 Å². The van der Waals surface area contributed by atoms with Gasteiger partial charge >= 0.3 is 0 Å². The van der Waals surface area contributed by atoms with Crippen molar-refractivity contribution in [3.05, 3.63) is 35.6 Å². The van der Waals surface area contributed by atoms with Crippen LogP contribution in [0, 0.1) is 5.82 Å². The van der Waals surface area contributed by atoms with Crippen LogP contribution in [0.15, 0.2) is 24.3 Å². The van der Waals surface area contributed by atoms with Gasteiger partial charge in [-0.25, -0.2) is 4.39 Å². The number of ether oxygens (including phenoxy) is 1. The van der Waals surface area contributed by atoms with Crippen molar-refractivity contribution in [1.29, 1.82) is 0 Å². The van der Waals surface area contributed by atoms with E-state index in [1.54, 1.807) is 25.3 Å². The minimum atomic E-state index is -0.268. The Kier molecular flexibility index (Phi) is 4.44. The van der Waals surface area contributed by atoms with Crippen molar-refractivity contribution in [2.45, 2.75) is 38.3 Å². The fourth-order valence-corrected chi connectivity index (χ4v) is 1.54. The van der Waals surface area contributed by atoms with Crippen molar-refractivity contribution in [3.8, 4) is 0 Å². The number of halogens is 1. The zero-order valence-corrected chi connectivity index (χ0v) is 10.2. The van der Waals surface area contributed by atoms with Crippen LogP contribution in [0.4, 0.5) is 4.39 Å². The van der Waals surface area contributed by atoms with E-state index in [1.807, 2.05) is 13.8 Å². The monoisotopic (exact) mass is 225 g/mol. The average molecular weight is 225 g/mol. The second-order valence-electron chi connectivity index (χ2n) is 4.63. The summed E-state index contributed by atoms with van der Waals surface area (Å²) in [4.78, 5) is 0. The second kappa shape index (κ2) is 5.41. The summed E-state index contributed by atoms with van der Waals surface area (Å²) >= 11 is 0. The topological polar surface area (TPSA) is 35.2 Å². The first-order valence-corrected chi connectivity index (χ1v) is 5.51. The molecule has 0 saturated carbocycles. The Bertz CT molecular complexity index is 338. The number of methoxy groups -OCH3 is 1. The molecular weight excluding hydrogens is 205 g/mol. The highest BCUT2D eigenvalue weighted by Gasteiger charge is 2.19. The molecule has 1 aromatic rings. The Morgan fingerprint density at radius 3 is 2.56 bits per heavy atom. The zero-order valence-electron chi connectivity index (χ0n) is 10.2. The number of rotatable bonds is 5. The van der Waals surface area contributed by atoms with Crippen LogP contribution < -0.4 is 5.73 Å². The van der Waals surface area contributed by atoms with E-state index in [4.69, 9.17) is 10.5 Å². The van der Waals surface area contributed by atoms with Crippen molar-refractivity contribution in [2.75, 3.05) is 7.11 Å². The molecule has 1 unspecified atom stereocenters. The van der Waals surface area contributed by atoms with E-state index in [2.05, 4.69) is 0 Å². The third kappa shape index (κ3) is 3.58. The Hall–Kier alpha value is -0.930. The molecule has 0 radical (unpaired) electrons. The molecule has 90 valence electrons. The second-order valence-corrected chi connectivity index (χ2v) is 4.63. The van der Waals surface area contributed by atoms with Gasteiger partial charge < -0.3 is 10.5 Å². The van der Waals surface area contributed by atoms with Gasteiger partial charge in [0.25, 0.3) is 0 Å². The van der Waals surface area contributed by atoms with Gasteiger partial charge in [-0.2, -0.15) is 0 Å². The van der Waals surface area contributed by atoms with Crippen LogP contribution in [0.25, 0.3) is 0 Å².